The van der Waals surface area contributed by atoms with Gasteiger partial charge >= 0.3 is 5.97 Å². The molecule has 0 saturated heterocycles. The predicted octanol–water partition coefficient (Wildman–Crippen LogP) is 4.23. The fourth-order valence-corrected chi connectivity index (χ4v) is 3.67. The number of hydrogen-bond acceptors (Lipinski definition) is 6. The molecular formula is C22H22N2O4S. The highest BCUT2D eigenvalue weighted by molar-refractivity contribution is 7.09. The Morgan fingerprint density at radius 3 is 2.59 bits per heavy atom. The van der Waals surface area contributed by atoms with Crippen molar-refractivity contribution in [3.05, 3.63) is 80.8 Å². The molecule has 0 aliphatic rings. The highest BCUT2D eigenvalue weighted by atomic mass is 32.1. The molecule has 0 aliphatic carbocycles. The maximum atomic E-state index is 12.5. The molecule has 3 rings (SSSR count). The van der Waals surface area contributed by atoms with Gasteiger partial charge in [-0.3, -0.25) is 4.79 Å². The van der Waals surface area contributed by atoms with Crippen LogP contribution in [0.15, 0.2) is 53.0 Å². The van der Waals surface area contributed by atoms with Gasteiger partial charge in [0.05, 0.1) is 25.4 Å². The summed E-state index contributed by atoms with van der Waals surface area (Å²) in [5.74, 6) is -0.513. The van der Waals surface area contributed by atoms with E-state index in [4.69, 9.17) is 4.84 Å². The van der Waals surface area contributed by atoms with Gasteiger partial charge in [0.2, 0.25) is 5.78 Å². The molecule has 7 heteroatoms. The van der Waals surface area contributed by atoms with Gasteiger partial charge in [-0.1, -0.05) is 23.4 Å². The Balaban J connectivity index is 1.58. The van der Waals surface area contributed by atoms with Gasteiger partial charge in [-0.15, -0.1) is 11.3 Å². The number of Topliss-reactive ketones (excluding diaryl/α,β-unsaturated/α-hetero) is 1. The van der Waals surface area contributed by atoms with E-state index in [1.54, 1.807) is 35.6 Å². The fourth-order valence-electron chi connectivity index (χ4n) is 2.98. The monoisotopic (exact) mass is 410 g/mol. The van der Waals surface area contributed by atoms with E-state index in [0.717, 1.165) is 23.5 Å². The van der Waals surface area contributed by atoms with Crippen molar-refractivity contribution in [3.8, 4) is 0 Å². The molecule has 0 bridgehead atoms. The van der Waals surface area contributed by atoms with Gasteiger partial charge < -0.3 is 14.1 Å². The van der Waals surface area contributed by atoms with E-state index in [1.165, 1.54) is 18.2 Å². The average molecular weight is 410 g/mol. The van der Waals surface area contributed by atoms with Crippen LogP contribution >= 0.6 is 11.3 Å². The lowest BCUT2D eigenvalue weighted by Gasteiger charge is -2.08. The zero-order valence-electron chi connectivity index (χ0n) is 16.5. The zero-order chi connectivity index (χ0) is 20.8. The molecule has 1 aromatic carbocycles. The summed E-state index contributed by atoms with van der Waals surface area (Å²) in [7, 11) is 1.34. The second-order valence-electron chi connectivity index (χ2n) is 6.50. The SMILES string of the molecule is COC(=O)c1ccc(/C=N/OCC(=O)c2cc(C)n(Cc3cccs3)c2C)cc1. The largest absolute Gasteiger partial charge is 0.465 e. The molecule has 0 aliphatic heterocycles. The molecule has 2 aromatic heterocycles. The average Bonchev–Trinajstić information content (AvgIpc) is 3.34. The molecule has 0 spiro atoms. The van der Waals surface area contributed by atoms with Crippen molar-refractivity contribution in [2.75, 3.05) is 13.7 Å². The van der Waals surface area contributed by atoms with E-state index in [2.05, 4.69) is 20.5 Å². The molecule has 0 saturated carbocycles. The van der Waals surface area contributed by atoms with E-state index < -0.39 is 5.97 Å². The fraction of sp³-hybridized carbons (Fsp3) is 0.227. The second kappa shape index (κ2) is 9.34. The lowest BCUT2D eigenvalue weighted by atomic mass is 10.1. The molecule has 2 heterocycles. The first kappa shape index (κ1) is 20.5. The van der Waals surface area contributed by atoms with Crippen molar-refractivity contribution < 1.29 is 19.2 Å². The van der Waals surface area contributed by atoms with Gasteiger partial charge in [0.1, 0.15) is 0 Å². The molecule has 150 valence electrons. The minimum Gasteiger partial charge on any atom is -0.465 e. The molecule has 0 radical (unpaired) electrons. The first-order valence-electron chi connectivity index (χ1n) is 9.05. The summed E-state index contributed by atoms with van der Waals surface area (Å²) in [5, 5.41) is 5.90. The third-order valence-electron chi connectivity index (χ3n) is 4.57. The Labute approximate surface area is 173 Å². The number of oxime groups is 1. The highest BCUT2D eigenvalue weighted by Gasteiger charge is 2.16. The number of aromatic nitrogens is 1. The molecule has 0 unspecified atom stereocenters. The Morgan fingerprint density at radius 2 is 1.93 bits per heavy atom. The number of nitrogens with zero attached hydrogens (tertiary/aromatic N) is 2. The molecule has 0 fully saturated rings. The summed E-state index contributed by atoms with van der Waals surface area (Å²) >= 11 is 1.70. The van der Waals surface area contributed by atoms with Crippen molar-refractivity contribution in [2.45, 2.75) is 20.4 Å². The van der Waals surface area contributed by atoms with Crippen molar-refractivity contribution >= 4 is 29.3 Å². The topological polar surface area (TPSA) is 69.9 Å². The third kappa shape index (κ3) is 5.00. The zero-order valence-corrected chi connectivity index (χ0v) is 17.4. The molecular weight excluding hydrogens is 388 g/mol. The third-order valence-corrected chi connectivity index (χ3v) is 5.43. The minimum atomic E-state index is -0.396. The number of ketones is 1. The van der Waals surface area contributed by atoms with Crippen LogP contribution in [0.4, 0.5) is 0 Å². The molecule has 6 nitrogen and oxygen atoms in total. The van der Waals surface area contributed by atoms with Crippen LogP contribution in [0.25, 0.3) is 0 Å². The van der Waals surface area contributed by atoms with Gasteiger partial charge in [-0.2, -0.15) is 0 Å². The molecule has 0 atom stereocenters. The van der Waals surface area contributed by atoms with E-state index >= 15 is 0 Å². The quantitative estimate of drug-likeness (QED) is 0.241. The second-order valence-corrected chi connectivity index (χ2v) is 7.53. The summed E-state index contributed by atoms with van der Waals surface area (Å²) in [5.41, 5.74) is 3.81. The molecule has 0 amide bonds. The number of hydrogen-bond donors (Lipinski definition) is 0. The standard InChI is InChI=1S/C22H22N2O4S/c1-15-11-20(16(2)24(15)13-19-5-4-10-29-19)21(25)14-28-23-12-17-6-8-18(9-7-17)22(26)27-3/h4-12H,13-14H2,1-3H3/b23-12+. The summed E-state index contributed by atoms with van der Waals surface area (Å²) in [6.07, 6.45) is 1.49. The number of esters is 1. The summed E-state index contributed by atoms with van der Waals surface area (Å²) < 4.78 is 6.79. The van der Waals surface area contributed by atoms with Crippen LogP contribution in [0.5, 0.6) is 0 Å². The number of ether oxygens (including phenoxy) is 1. The van der Waals surface area contributed by atoms with Crippen molar-refractivity contribution in [1.82, 2.24) is 4.57 Å². The van der Waals surface area contributed by atoms with Crippen LogP contribution in [0.3, 0.4) is 0 Å². The van der Waals surface area contributed by atoms with Crippen LogP contribution in [0, 0.1) is 13.8 Å². The van der Waals surface area contributed by atoms with Crippen molar-refractivity contribution in [3.63, 3.8) is 0 Å². The van der Waals surface area contributed by atoms with E-state index in [-0.39, 0.29) is 12.4 Å². The lowest BCUT2D eigenvalue weighted by Crippen LogP contribution is -2.09. The molecule has 29 heavy (non-hydrogen) atoms. The van der Waals surface area contributed by atoms with Gasteiger partial charge in [-0.05, 0) is 49.1 Å². The normalized spacial score (nSPS) is 11.0. The Hall–Kier alpha value is -3.19. The molecule has 3 aromatic rings. The Morgan fingerprint density at radius 1 is 1.17 bits per heavy atom. The number of rotatable bonds is 8. The van der Waals surface area contributed by atoms with Gasteiger partial charge in [0.15, 0.2) is 6.61 Å². The van der Waals surface area contributed by atoms with Crippen molar-refractivity contribution in [1.29, 1.82) is 0 Å². The number of methoxy groups -OCH3 is 1. The summed E-state index contributed by atoms with van der Waals surface area (Å²) in [4.78, 5) is 30.4. The Bertz CT molecular complexity index is 1020. The number of thiophene rings is 1. The maximum Gasteiger partial charge on any atom is 0.337 e. The van der Waals surface area contributed by atoms with E-state index in [9.17, 15) is 9.59 Å². The van der Waals surface area contributed by atoms with Crippen LogP contribution in [-0.4, -0.2) is 36.3 Å². The van der Waals surface area contributed by atoms with Crippen LogP contribution < -0.4 is 0 Å². The Kier molecular flexibility index (Phi) is 6.61. The number of benzene rings is 1. The maximum absolute atomic E-state index is 12.5. The first-order chi connectivity index (χ1) is 14.0. The number of carbonyl (C=O) groups is 2. The van der Waals surface area contributed by atoms with Crippen LogP contribution in [0.1, 0.15) is 42.5 Å². The number of aryl methyl sites for hydroxylation is 1. The smallest absolute Gasteiger partial charge is 0.337 e. The summed E-state index contributed by atoms with van der Waals surface area (Å²) in [6.45, 7) is 4.55. The predicted molar refractivity (Wildman–Crippen MR) is 113 cm³/mol. The van der Waals surface area contributed by atoms with Crippen LogP contribution in [-0.2, 0) is 16.1 Å². The highest BCUT2D eigenvalue weighted by Crippen LogP contribution is 2.19. The van der Waals surface area contributed by atoms with Gasteiger partial charge in [-0.25, -0.2) is 4.79 Å². The number of carbonyl (C=O) groups excluding carboxylic acids is 2. The van der Waals surface area contributed by atoms with Gasteiger partial charge in [0.25, 0.3) is 0 Å². The van der Waals surface area contributed by atoms with Crippen molar-refractivity contribution in [2.24, 2.45) is 5.16 Å². The minimum absolute atomic E-state index is 0.117. The first-order valence-corrected chi connectivity index (χ1v) is 9.93. The summed E-state index contributed by atoms with van der Waals surface area (Å²) in [6, 6.07) is 12.7. The van der Waals surface area contributed by atoms with E-state index in [0.29, 0.717) is 11.1 Å². The molecule has 0 N–H and O–H groups in total. The van der Waals surface area contributed by atoms with Gasteiger partial charge in [0, 0.05) is 21.8 Å². The van der Waals surface area contributed by atoms with E-state index in [1.807, 2.05) is 31.4 Å². The van der Waals surface area contributed by atoms with Crippen LogP contribution in [0.2, 0.25) is 0 Å². The lowest BCUT2D eigenvalue weighted by molar-refractivity contribution is 0.0600.